The van der Waals surface area contributed by atoms with E-state index in [9.17, 15) is 0 Å². The molecule has 0 amide bonds. The van der Waals surface area contributed by atoms with Crippen LogP contribution in [0.4, 0.5) is 0 Å². The molecule has 0 radical (unpaired) electrons. The average molecular weight is 278 g/mol. The van der Waals surface area contributed by atoms with Crippen molar-refractivity contribution in [3.63, 3.8) is 0 Å². The molecule has 1 N–H and O–H groups in total. The molecule has 20 heavy (non-hydrogen) atoms. The van der Waals surface area contributed by atoms with E-state index >= 15 is 0 Å². The number of hydrogen-bond donors (Lipinski definition) is 1. The fraction of sp³-hybridized carbons (Fsp3) is 0.867. The number of rotatable bonds is 3. The van der Waals surface area contributed by atoms with E-state index in [-0.39, 0.29) is 6.04 Å². The quantitative estimate of drug-likeness (QED) is 0.921. The second kappa shape index (κ2) is 6.22. The van der Waals surface area contributed by atoms with Crippen LogP contribution in [0.25, 0.3) is 0 Å². The number of piperidine rings is 2. The van der Waals surface area contributed by atoms with Crippen molar-refractivity contribution in [1.29, 1.82) is 0 Å². The lowest BCUT2D eigenvalue weighted by Gasteiger charge is -2.36. The summed E-state index contributed by atoms with van der Waals surface area (Å²) in [5, 5.41) is 7.76. The minimum Gasteiger partial charge on any atom is -0.338 e. The molecule has 5 nitrogen and oxygen atoms in total. The molecule has 3 rings (SSSR count). The minimum absolute atomic E-state index is 0.265. The van der Waals surface area contributed by atoms with Crippen LogP contribution >= 0.6 is 0 Å². The van der Waals surface area contributed by atoms with E-state index in [1.54, 1.807) is 0 Å². The van der Waals surface area contributed by atoms with Crippen LogP contribution < -0.4 is 5.32 Å². The SMILES string of the molecule is CC(C)N1CCCCC1c1noc(C2CCCCN2)n1. The summed E-state index contributed by atoms with van der Waals surface area (Å²) >= 11 is 0. The fourth-order valence-corrected chi connectivity index (χ4v) is 3.44. The van der Waals surface area contributed by atoms with Gasteiger partial charge in [0.2, 0.25) is 5.89 Å². The van der Waals surface area contributed by atoms with Crippen molar-refractivity contribution in [3.8, 4) is 0 Å². The van der Waals surface area contributed by atoms with Gasteiger partial charge in [0.05, 0.1) is 12.1 Å². The maximum absolute atomic E-state index is 5.54. The third-order valence-corrected chi connectivity index (χ3v) is 4.57. The number of aromatic nitrogens is 2. The summed E-state index contributed by atoms with van der Waals surface area (Å²) in [5.74, 6) is 1.68. The molecule has 2 atom stereocenters. The van der Waals surface area contributed by atoms with Crippen LogP contribution in [-0.2, 0) is 0 Å². The van der Waals surface area contributed by atoms with Crippen molar-refractivity contribution >= 4 is 0 Å². The Hall–Kier alpha value is -0.940. The molecule has 0 aromatic carbocycles. The van der Waals surface area contributed by atoms with E-state index in [0.29, 0.717) is 12.1 Å². The zero-order valence-corrected chi connectivity index (χ0v) is 12.6. The van der Waals surface area contributed by atoms with E-state index in [0.717, 1.165) is 37.6 Å². The van der Waals surface area contributed by atoms with Gasteiger partial charge in [0.15, 0.2) is 5.82 Å². The molecule has 2 unspecified atom stereocenters. The van der Waals surface area contributed by atoms with Crippen molar-refractivity contribution in [3.05, 3.63) is 11.7 Å². The number of hydrogen-bond acceptors (Lipinski definition) is 5. The normalized spacial score (nSPS) is 28.9. The van der Waals surface area contributed by atoms with Crippen molar-refractivity contribution in [1.82, 2.24) is 20.4 Å². The maximum atomic E-state index is 5.54. The first-order valence-corrected chi connectivity index (χ1v) is 8.08. The fourth-order valence-electron chi connectivity index (χ4n) is 3.44. The van der Waals surface area contributed by atoms with E-state index in [1.165, 1.54) is 25.7 Å². The molecule has 0 spiro atoms. The van der Waals surface area contributed by atoms with Crippen LogP contribution in [0.2, 0.25) is 0 Å². The molecule has 1 aromatic heterocycles. The first-order valence-electron chi connectivity index (χ1n) is 8.08. The molecule has 2 saturated heterocycles. The molecule has 0 saturated carbocycles. The Balaban J connectivity index is 1.74. The van der Waals surface area contributed by atoms with Gasteiger partial charge in [-0.3, -0.25) is 4.90 Å². The molecule has 3 heterocycles. The summed E-state index contributed by atoms with van der Waals surface area (Å²) in [5.41, 5.74) is 0. The Bertz CT molecular complexity index is 425. The lowest BCUT2D eigenvalue weighted by molar-refractivity contribution is 0.104. The number of nitrogens with zero attached hydrogens (tertiary/aromatic N) is 3. The molecule has 1 aromatic rings. The highest BCUT2D eigenvalue weighted by Crippen LogP contribution is 2.32. The standard InChI is InChI=1S/C15H26N4O/c1-11(2)19-10-6-4-8-13(19)14-17-15(20-18-14)12-7-3-5-9-16-12/h11-13,16H,3-10H2,1-2H3. The van der Waals surface area contributed by atoms with Gasteiger partial charge in [-0.05, 0) is 52.6 Å². The van der Waals surface area contributed by atoms with Gasteiger partial charge in [0.25, 0.3) is 0 Å². The van der Waals surface area contributed by atoms with Gasteiger partial charge in [0, 0.05) is 6.04 Å². The minimum atomic E-state index is 0.265. The molecular formula is C15H26N4O. The summed E-state index contributed by atoms with van der Waals surface area (Å²) in [6, 6.07) is 1.14. The molecule has 112 valence electrons. The topological polar surface area (TPSA) is 54.2 Å². The van der Waals surface area contributed by atoms with Crippen LogP contribution in [0.1, 0.15) is 76.2 Å². The summed E-state index contributed by atoms with van der Waals surface area (Å²) in [6.45, 7) is 6.71. The summed E-state index contributed by atoms with van der Waals surface area (Å²) in [6.07, 6.45) is 7.30. The number of likely N-dealkylation sites (tertiary alicyclic amines) is 1. The van der Waals surface area contributed by atoms with Gasteiger partial charge in [0.1, 0.15) is 0 Å². The van der Waals surface area contributed by atoms with E-state index < -0.39 is 0 Å². The Labute approximate surface area is 121 Å². The van der Waals surface area contributed by atoms with Gasteiger partial charge < -0.3 is 9.84 Å². The predicted octanol–water partition coefficient (Wildman–Crippen LogP) is 2.82. The predicted molar refractivity (Wildman–Crippen MR) is 77.3 cm³/mol. The highest BCUT2D eigenvalue weighted by Gasteiger charge is 2.31. The summed E-state index contributed by atoms with van der Waals surface area (Å²) < 4.78 is 5.54. The first-order chi connectivity index (χ1) is 9.75. The van der Waals surface area contributed by atoms with E-state index in [1.807, 2.05) is 0 Å². The van der Waals surface area contributed by atoms with Crippen molar-refractivity contribution in [2.75, 3.05) is 13.1 Å². The van der Waals surface area contributed by atoms with Gasteiger partial charge in [-0.1, -0.05) is 18.0 Å². The Morgan fingerprint density at radius 1 is 1.20 bits per heavy atom. The zero-order chi connectivity index (χ0) is 13.9. The molecule has 0 bridgehead atoms. The van der Waals surface area contributed by atoms with E-state index in [4.69, 9.17) is 9.51 Å². The van der Waals surface area contributed by atoms with Crippen LogP contribution in [0.5, 0.6) is 0 Å². The third-order valence-electron chi connectivity index (χ3n) is 4.57. The average Bonchev–Trinajstić information content (AvgIpc) is 2.98. The molecule has 0 aliphatic carbocycles. The van der Waals surface area contributed by atoms with Crippen molar-refractivity contribution in [2.45, 2.75) is 70.5 Å². The smallest absolute Gasteiger partial charge is 0.243 e. The third kappa shape index (κ3) is 2.88. The van der Waals surface area contributed by atoms with Crippen molar-refractivity contribution < 1.29 is 4.52 Å². The maximum Gasteiger partial charge on any atom is 0.243 e. The monoisotopic (exact) mass is 278 g/mol. The van der Waals surface area contributed by atoms with Crippen LogP contribution in [0, 0.1) is 0 Å². The largest absolute Gasteiger partial charge is 0.338 e. The van der Waals surface area contributed by atoms with Gasteiger partial charge in [-0.25, -0.2) is 0 Å². The molecule has 5 heteroatoms. The van der Waals surface area contributed by atoms with Crippen molar-refractivity contribution in [2.24, 2.45) is 0 Å². The molecule has 2 aliphatic heterocycles. The summed E-state index contributed by atoms with van der Waals surface area (Å²) in [4.78, 5) is 7.21. The van der Waals surface area contributed by atoms with Gasteiger partial charge in [-0.2, -0.15) is 4.98 Å². The van der Waals surface area contributed by atoms with E-state index in [2.05, 4.69) is 29.2 Å². The number of nitrogens with one attached hydrogen (secondary N) is 1. The first kappa shape index (κ1) is 14.0. The molecule has 2 aliphatic rings. The lowest BCUT2D eigenvalue weighted by atomic mass is 10.00. The van der Waals surface area contributed by atoms with Crippen LogP contribution in [0.15, 0.2) is 4.52 Å². The Morgan fingerprint density at radius 3 is 2.80 bits per heavy atom. The highest BCUT2D eigenvalue weighted by atomic mass is 16.5. The Morgan fingerprint density at radius 2 is 2.05 bits per heavy atom. The lowest BCUT2D eigenvalue weighted by Crippen LogP contribution is -2.39. The second-order valence-corrected chi connectivity index (χ2v) is 6.34. The Kier molecular flexibility index (Phi) is 4.36. The molecular weight excluding hydrogens is 252 g/mol. The second-order valence-electron chi connectivity index (χ2n) is 6.34. The van der Waals surface area contributed by atoms with Gasteiger partial charge >= 0.3 is 0 Å². The zero-order valence-electron chi connectivity index (χ0n) is 12.6. The van der Waals surface area contributed by atoms with Crippen LogP contribution in [-0.4, -0.2) is 34.2 Å². The molecule has 2 fully saturated rings. The van der Waals surface area contributed by atoms with Gasteiger partial charge in [-0.15, -0.1) is 0 Å². The summed E-state index contributed by atoms with van der Waals surface area (Å²) in [7, 11) is 0. The highest BCUT2D eigenvalue weighted by molar-refractivity contribution is 5.01. The van der Waals surface area contributed by atoms with Crippen LogP contribution in [0.3, 0.4) is 0 Å².